The molecule has 4 rings (SSSR count). The van der Waals surface area contributed by atoms with Crippen LogP contribution in [0, 0.1) is 5.92 Å². The SMILES string of the molecule is O=C(C1CC(F)(F)C1)N1CCc2ncnc(-c3ccncc3)c2CC1. The third-order valence-electron chi connectivity index (χ3n) is 4.99. The van der Waals surface area contributed by atoms with Crippen LogP contribution in [0.1, 0.15) is 24.1 Å². The van der Waals surface area contributed by atoms with Crippen molar-refractivity contribution in [2.75, 3.05) is 13.1 Å². The minimum absolute atomic E-state index is 0.155. The highest BCUT2D eigenvalue weighted by Gasteiger charge is 2.49. The van der Waals surface area contributed by atoms with Gasteiger partial charge in [-0.1, -0.05) is 0 Å². The van der Waals surface area contributed by atoms with Crippen LogP contribution in [0.25, 0.3) is 11.3 Å². The average Bonchev–Trinajstić information content (AvgIpc) is 2.82. The first kappa shape index (κ1) is 16.1. The summed E-state index contributed by atoms with van der Waals surface area (Å²) in [7, 11) is 0. The highest BCUT2D eigenvalue weighted by atomic mass is 19.3. The molecular weight excluding hydrogens is 326 g/mol. The zero-order valence-corrected chi connectivity index (χ0v) is 13.7. The molecule has 7 heteroatoms. The van der Waals surface area contributed by atoms with Crippen LogP contribution in [-0.4, -0.2) is 44.8 Å². The van der Waals surface area contributed by atoms with E-state index in [1.165, 1.54) is 0 Å². The highest BCUT2D eigenvalue weighted by molar-refractivity contribution is 5.80. The quantitative estimate of drug-likeness (QED) is 0.840. The van der Waals surface area contributed by atoms with E-state index in [4.69, 9.17) is 0 Å². The second kappa shape index (κ2) is 6.13. The van der Waals surface area contributed by atoms with E-state index >= 15 is 0 Å². The molecule has 2 aliphatic rings. The fraction of sp³-hybridized carbons (Fsp3) is 0.444. The van der Waals surface area contributed by atoms with Gasteiger partial charge in [0.25, 0.3) is 0 Å². The molecule has 1 amide bonds. The number of amides is 1. The van der Waals surface area contributed by atoms with Gasteiger partial charge >= 0.3 is 0 Å². The molecule has 1 fully saturated rings. The maximum absolute atomic E-state index is 13.1. The molecule has 0 aromatic carbocycles. The molecule has 1 aliphatic carbocycles. The van der Waals surface area contributed by atoms with Gasteiger partial charge in [-0.25, -0.2) is 18.7 Å². The summed E-state index contributed by atoms with van der Waals surface area (Å²) in [5.74, 6) is -3.37. The van der Waals surface area contributed by atoms with Gasteiger partial charge in [0.15, 0.2) is 0 Å². The van der Waals surface area contributed by atoms with Crippen LogP contribution in [-0.2, 0) is 17.6 Å². The van der Waals surface area contributed by atoms with Crippen molar-refractivity contribution >= 4 is 5.91 Å². The summed E-state index contributed by atoms with van der Waals surface area (Å²) in [4.78, 5) is 27.0. The number of hydrogen-bond donors (Lipinski definition) is 0. The predicted molar refractivity (Wildman–Crippen MR) is 86.9 cm³/mol. The van der Waals surface area contributed by atoms with Gasteiger partial charge in [-0.2, -0.15) is 0 Å². The molecule has 0 N–H and O–H groups in total. The molecule has 0 bridgehead atoms. The van der Waals surface area contributed by atoms with Crippen LogP contribution in [0.2, 0.25) is 0 Å². The zero-order chi connectivity index (χ0) is 17.4. The largest absolute Gasteiger partial charge is 0.342 e. The van der Waals surface area contributed by atoms with Crippen LogP contribution < -0.4 is 0 Å². The number of pyridine rings is 1. The standard InChI is InChI=1S/C18H18F2N4O/c19-18(20)9-13(10-18)17(25)24-7-3-14-15(4-8-24)22-11-23-16(14)12-1-5-21-6-2-12/h1-2,5-6,11,13H,3-4,7-10H2. The summed E-state index contributed by atoms with van der Waals surface area (Å²) in [5, 5.41) is 0. The molecule has 5 nitrogen and oxygen atoms in total. The van der Waals surface area contributed by atoms with Crippen LogP contribution in [0.5, 0.6) is 0 Å². The van der Waals surface area contributed by atoms with Crippen molar-refractivity contribution in [1.82, 2.24) is 19.9 Å². The van der Waals surface area contributed by atoms with Crippen molar-refractivity contribution in [2.24, 2.45) is 5.92 Å². The van der Waals surface area contributed by atoms with Crippen LogP contribution in [0.15, 0.2) is 30.9 Å². The first-order valence-electron chi connectivity index (χ1n) is 8.43. The fourth-order valence-electron chi connectivity index (χ4n) is 3.60. The van der Waals surface area contributed by atoms with Gasteiger partial charge < -0.3 is 4.90 Å². The Kier molecular flexibility index (Phi) is 3.94. The Morgan fingerprint density at radius 3 is 2.56 bits per heavy atom. The Morgan fingerprint density at radius 2 is 1.84 bits per heavy atom. The third kappa shape index (κ3) is 3.10. The zero-order valence-electron chi connectivity index (χ0n) is 13.7. The Balaban J connectivity index is 1.54. The lowest BCUT2D eigenvalue weighted by Gasteiger charge is -2.36. The number of carbonyl (C=O) groups excluding carboxylic acids is 1. The van der Waals surface area contributed by atoms with Gasteiger partial charge in [0, 0.05) is 67.5 Å². The molecular formula is C18H18F2N4O. The molecule has 1 saturated carbocycles. The molecule has 130 valence electrons. The second-order valence-electron chi connectivity index (χ2n) is 6.67. The Hall–Kier alpha value is -2.44. The van der Waals surface area contributed by atoms with Gasteiger partial charge in [0.2, 0.25) is 11.8 Å². The van der Waals surface area contributed by atoms with Crippen molar-refractivity contribution in [2.45, 2.75) is 31.6 Å². The van der Waals surface area contributed by atoms with E-state index in [0.29, 0.717) is 25.9 Å². The monoisotopic (exact) mass is 344 g/mol. The lowest BCUT2D eigenvalue weighted by molar-refractivity contribution is -0.159. The van der Waals surface area contributed by atoms with Gasteiger partial charge in [-0.3, -0.25) is 9.78 Å². The molecule has 0 radical (unpaired) electrons. The van der Waals surface area contributed by atoms with E-state index < -0.39 is 11.8 Å². The lowest BCUT2D eigenvalue weighted by Crippen LogP contribution is -2.47. The number of fused-ring (bicyclic) bond motifs is 1. The Morgan fingerprint density at radius 1 is 1.12 bits per heavy atom. The molecule has 0 unspecified atom stereocenters. The van der Waals surface area contributed by atoms with E-state index in [1.54, 1.807) is 23.6 Å². The smallest absolute Gasteiger partial charge is 0.249 e. The summed E-state index contributed by atoms with van der Waals surface area (Å²) < 4.78 is 26.1. The summed E-state index contributed by atoms with van der Waals surface area (Å²) >= 11 is 0. The third-order valence-corrected chi connectivity index (χ3v) is 4.99. The van der Waals surface area contributed by atoms with Crippen molar-refractivity contribution in [3.8, 4) is 11.3 Å². The second-order valence-corrected chi connectivity index (χ2v) is 6.67. The van der Waals surface area contributed by atoms with E-state index in [-0.39, 0.29) is 18.7 Å². The van der Waals surface area contributed by atoms with Crippen LogP contribution in [0.4, 0.5) is 8.78 Å². The van der Waals surface area contributed by atoms with E-state index in [0.717, 1.165) is 22.5 Å². The number of rotatable bonds is 2. The molecule has 0 spiro atoms. The highest BCUT2D eigenvalue weighted by Crippen LogP contribution is 2.43. The normalized spacial score (nSPS) is 19.7. The number of hydrogen-bond acceptors (Lipinski definition) is 4. The van der Waals surface area contributed by atoms with Crippen LogP contribution >= 0.6 is 0 Å². The molecule has 1 aliphatic heterocycles. The average molecular weight is 344 g/mol. The van der Waals surface area contributed by atoms with Gasteiger partial charge in [-0.05, 0) is 18.6 Å². The summed E-state index contributed by atoms with van der Waals surface area (Å²) in [6.45, 7) is 1.03. The van der Waals surface area contributed by atoms with Crippen molar-refractivity contribution in [3.05, 3.63) is 42.1 Å². The number of aromatic nitrogens is 3. The first-order chi connectivity index (χ1) is 12.0. The first-order valence-corrected chi connectivity index (χ1v) is 8.43. The number of carbonyl (C=O) groups is 1. The van der Waals surface area contributed by atoms with E-state index in [2.05, 4.69) is 15.0 Å². The van der Waals surface area contributed by atoms with E-state index in [1.807, 2.05) is 12.1 Å². The Bertz CT molecular complexity index is 789. The van der Waals surface area contributed by atoms with Crippen LogP contribution in [0.3, 0.4) is 0 Å². The van der Waals surface area contributed by atoms with Gasteiger partial charge in [0.05, 0.1) is 5.69 Å². The Labute approximate surface area is 144 Å². The maximum Gasteiger partial charge on any atom is 0.249 e. The van der Waals surface area contributed by atoms with E-state index in [9.17, 15) is 13.6 Å². The summed E-state index contributed by atoms with van der Waals surface area (Å²) in [6, 6.07) is 3.79. The van der Waals surface area contributed by atoms with Crippen molar-refractivity contribution < 1.29 is 13.6 Å². The van der Waals surface area contributed by atoms with Crippen molar-refractivity contribution in [1.29, 1.82) is 0 Å². The maximum atomic E-state index is 13.1. The number of halogens is 2. The predicted octanol–water partition coefficient (Wildman–Crippen LogP) is 2.51. The number of nitrogens with zero attached hydrogens (tertiary/aromatic N) is 4. The van der Waals surface area contributed by atoms with Crippen molar-refractivity contribution in [3.63, 3.8) is 0 Å². The minimum atomic E-state index is -2.67. The number of alkyl halides is 2. The topological polar surface area (TPSA) is 59.0 Å². The molecule has 2 aromatic rings. The molecule has 25 heavy (non-hydrogen) atoms. The summed E-state index contributed by atoms with van der Waals surface area (Å²) in [6.07, 6.45) is 5.57. The van der Waals surface area contributed by atoms with Gasteiger partial charge in [-0.15, -0.1) is 0 Å². The minimum Gasteiger partial charge on any atom is -0.342 e. The lowest BCUT2D eigenvalue weighted by atomic mass is 9.80. The molecule has 2 aromatic heterocycles. The van der Waals surface area contributed by atoms with Gasteiger partial charge in [0.1, 0.15) is 6.33 Å². The molecule has 0 saturated heterocycles. The molecule has 3 heterocycles. The molecule has 0 atom stereocenters. The summed E-state index contributed by atoms with van der Waals surface area (Å²) in [5.41, 5.74) is 3.78. The fourth-order valence-corrected chi connectivity index (χ4v) is 3.60.